The van der Waals surface area contributed by atoms with Crippen LogP contribution in [0.1, 0.15) is 75.2 Å². The molecule has 10 rings (SSSR count). The van der Waals surface area contributed by atoms with E-state index in [1.165, 1.54) is 0 Å². The number of amides is 2. The van der Waals surface area contributed by atoms with Gasteiger partial charge in [-0.15, -0.1) is 0 Å². The number of aryl methyl sites for hydroxylation is 1. The highest BCUT2D eigenvalue weighted by atomic mass is 16.5. The summed E-state index contributed by atoms with van der Waals surface area (Å²) < 4.78 is 24.8. The molecule has 1 saturated heterocycles. The van der Waals surface area contributed by atoms with Crippen LogP contribution in [-0.4, -0.2) is 87.3 Å². The first kappa shape index (κ1) is 48.3. The van der Waals surface area contributed by atoms with Crippen LogP contribution in [0.5, 0.6) is 23.0 Å². The molecule has 14 nitrogen and oxygen atoms in total. The lowest BCUT2D eigenvalue weighted by molar-refractivity contribution is -0.134. The molecule has 4 aromatic carbocycles. The van der Waals surface area contributed by atoms with Crippen LogP contribution in [0, 0.1) is 6.92 Å². The van der Waals surface area contributed by atoms with Gasteiger partial charge in [-0.1, -0.05) is 54.6 Å². The molecule has 6 heterocycles. The molecule has 2 amide bonds. The Morgan fingerprint density at radius 2 is 1.26 bits per heavy atom. The van der Waals surface area contributed by atoms with Crippen LogP contribution in [0.4, 0.5) is 5.69 Å². The van der Waals surface area contributed by atoms with E-state index in [1.807, 2.05) is 128 Å². The summed E-state index contributed by atoms with van der Waals surface area (Å²) in [5, 5.41) is 0.673. The molecule has 0 radical (unpaired) electrons. The van der Waals surface area contributed by atoms with Gasteiger partial charge in [0.15, 0.2) is 6.61 Å². The molecular weight excluding hydrogens is 919 g/mol. The average molecular weight is 976 g/mol. The largest absolute Gasteiger partial charge is 0.487 e. The molecule has 73 heavy (non-hydrogen) atoms. The summed E-state index contributed by atoms with van der Waals surface area (Å²) in [5.74, 6) is 1.64. The van der Waals surface area contributed by atoms with Gasteiger partial charge in [-0.3, -0.25) is 29.4 Å². The van der Waals surface area contributed by atoms with Crippen molar-refractivity contribution in [2.24, 2.45) is 0 Å². The summed E-state index contributed by atoms with van der Waals surface area (Å²) in [6.07, 6.45) is 3.62. The third kappa shape index (κ3) is 11.1. The maximum Gasteiger partial charge on any atom is 0.349 e. The molecule has 8 aromatic rings. The van der Waals surface area contributed by atoms with E-state index in [2.05, 4.69) is 58.7 Å². The Balaban J connectivity index is 0.789. The van der Waals surface area contributed by atoms with E-state index in [0.29, 0.717) is 66.7 Å². The number of nitrogens with zero attached hydrogens (tertiary/aromatic N) is 7. The van der Waals surface area contributed by atoms with Crippen molar-refractivity contribution in [2.75, 3.05) is 50.8 Å². The minimum absolute atomic E-state index is 0.0238. The Labute approximate surface area is 424 Å². The highest BCUT2D eigenvalue weighted by Gasteiger charge is 2.32. The second-order valence-corrected chi connectivity index (χ2v) is 18.3. The number of piperazine rings is 1. The maximum atomic E-state index is 13.6. The first-order chi connectivity index (χ1) is 35.7. The van der Waals surface area contributed by atoms with Gasteiger partial charge in [0.2, 0.25) is 0 Å². The van der Waals surface area contributed by atoms with Gasteiger partial charge in [0.05, 0.1) is 22.8 Å². The fourth-order valence-electron chi connectivity index (χ4n) is 9.69. The van der Waals surface area contributed by atoms with E-state index in [4.69, 9.17) is 23.6 Å². The number of pyridine rings is 3. The fraction of sp³-hybridized carbons (Fsp3) is 0.254. The smallest absolute Gasteiger partial charge is 0.349 e. The van der Waals surface area contributed by atoms with E-state index in [9.17, 15) is 14.4 Å². The van der Waals surface area contributed by atoms with Crippen molar-refractivity contribution in [3.63, 3.8) is 0 Å². The minimum atomic E-state index is -0.679. The van der Waals surface area contributed by atoms with E-state index in [1.54, 1.807) is 15.9 Å². The Hall–Kier alpha value is -8.36. The molecule has 2 aliphatic rings. The van der Waals surface area contributed by atoms with Gasteiger partial charge >= 0.3 is 5.63 Å². The summed E-state index contributed by atoms with van der Waals surface area (Å²) in [7, 11) is 0. The predicted octanol–water partition coefficient (Wildman–Crippen LogP) is 9.56. The van der Waals surface area contributed by atoms with Gasteiger partial charge in [-0.05, 0) is 98.6 Å². The van der Waals surface area contributed by atoms with Gasteiger partial charge in [0.25, 0.3) is 11.8 Å². The number of aromatic nitrogens is 3. The molecule has 370 valence electrons. The number of ether oxygens (including phenoxy) is 3. The zero-order valence-electron chi connectivity index (χ0n) is 41.3. The third-order valence-corrected chi connectivity index (χ3v) is 13.5. The molecule has 4 aromatic heterocycles. The summed E-state index contributed by atoms with van der Waals surface area (Å²) in [5.41, 5.74) is 8.59. The number of hydrogen-bond donors (Lipinski definition) is 0. The highest BCUT2D eigenvalue weighted by Crippen LogP contribution is 2.50. The molecule has 1 atom stereocenters. The van der Waals surface area contributed by atoms with Gasteiger partial charge in [0.1, 0.15) is 40.8 Å². The molecule has 0 spiro atoms. The van der Waals surface area contributed by atoms with E-state index in [-0.39, 0.29) is 43.7 Å². The lowest BCUT2D eigenvalue weighted by Crippen LogP contribution is -2.52. The Kier molecular flexibility index (Phi) is 14.5. The number of fused-ring (bicyclic) bond motifs is 3. The quantitative estimate of drug-likeness (QED) is 0.0802. The number of carbonyl (C=O) groups is 2. The third-order valence-electron chi connectivity index (χ3n) is 13.5. The standard InChI is InChI=1S/C59H57N7O7/c1-4-64(5-2)46-20-19-41-31-52(59(69)73-53(41)32-46)58(68)66-29-27-65(28-30-66)56(67)39-71-48-22-24-51-55(34-48)72-54-33-47(21-23-50(54)57(51)49-18-7-6-13-40(49)3)70-38-45-17-12-16-44(62-45)37-63(35-42-14-8-10-25-60-42)36-43-15-9-11-26-61-43/h6-26,31-34,57H,4-5,27-30,35-39H2,1-3H3. The molecule has 0 aliphatic carbocycles. The fourth-order valence-corrected chi connectivity index (χ4v) is 9.69. The summed E-state index contributed by atoms with van der Waals surface area (Å²) >= 11 is 0. The topological polar surface area (TPSA) is 144 Å². The Morgan fingerprint density at radius 1 is 0.644 bits per heavy atom. The van der Waals surface area contributed by atoms with Crippen molar-refractivity contribution in [3.8, 4) is 23.0 Å². The zero-order valence-corrected chi connectivity index (χ0v) is 41.3. The van der Waals surface area contributed by atoms with Crippen LogP contribution >= 0.6 is 0 Å². The summed E-state index contributed by atoms with van der Waals surface area (Å²) in [6.45, 7) is 10.9. The second kappa shape index (κ2) is 22.0. The molecule has 0 bridgehead atoms. The van der Waals surface area contributed by atoms with Gasteiger partial charge in [-0.2, -0.15) is 0 Å². The molecule has 0 N–H and O–H groups in total. The molecule has 0 saturated carbocycles. The lowest BCUT2D eigenvalue weighted by Gasteiger charge is -2.34. The Morgan fingerprint density at radius 3 is 1.92 bits per heavy atom. The van der Waals surface area contributed by atoms with E-state index < -0.39 is 11.5 Å². The number of anilines is 1. The first-order valence-electron chi connectivity index (χ1n) is 24.8. The minimum Gasteiger partial charge on any atom is -0.487 e. The Bertz CT molecular complexity index is 3260. The van der Waals surface area contributed by atoms with Crippen molar-refractivity contribution in [3.05, 3.63) is 213 Å². The van der Waals surface area contributed by atoms with Crippen LogP contribution in [0.2, 0.25) is 0 Å². The van der Waals surface area contributed by atoms with Gasteiger partial charge < -0.3 is 33.3 Å². The number of carbonyl (C=O) groups excluding carboxylic acids is 2. The van der Waals surface area contributed by atoms with E-state index >= 15 is 0 Å². The number of hydrogen-bond acceptors (Lipinski definition) is 12. The van der Waals surface area contributed by atoms with Crippen molar-refractivity contribution in [1.82, 2.24) is 29.7 Å². The monoisotopic (exact) mass is 975 g/mol. The van der Waals surface area contributed by atoms with Crippen LogP contribution in [0.25, 0.3) is 11.0 Å². The SMILES string of the molecule is CCN(CC)c1ccc2cc(C(=O)N3CCN(C(=O)COc4ccc5c(c4)Oc4cc(OCc6cccc(CN(Cc7ccccn7)Cc7ccccn7)n6)ccc4C5c4ccccc4C)CC3)c(=O)oc2c1. The molecular formula is C59H57N7O7. The summed E-state index contributed by atoms with van der Waals surface area (Å²) in [4.78, 5) is 62.0. The average Bonchev–Trinajstić information content (AvgIpc) is 3.42. The van der Waals surface area contributed by atoms with Crippen molar-refractivity contribution in [1.29, 1.82) is 0 Å². The van der Waals surface area contributed by atoms with Crippen molar-refractivity contribution < 1.29 is 28.2 Å². The molecule has 1 unspecified atom stereocenters. The molecule has 1 fully saturated rings. The number of benzene rings is 4. The van der Waals surface area contributed by atoms with Gasteiger partial charge in [0, 0.05) is 118 Å². The lowest BCUT2D eigenvalue weighted by atomic mass is 9.81. The second-order valence-electron chi connectivity index (χ2n) is 18.3. The highest BCUT2D eigenvalue weighted by molar-refractivity contribution is 5.97. The molecule has 14 heteroatoms. The van der Waals surface area contributed by atoms with Crippen LogP contribution < -0.4 is 24.7 Å². The van der Waals surface area contributed by atoms with Crippen LogP contribution in [-0.2, 0) is 31.0 Å². The van der Waals surface area contributed by atoms with Crippen LogP contribution in [0.3, 0.4) is 0 Å². The van der Waals surface area contributed by atoms with E-state index in [0.717, 1.165) is 63.8 Å². The first-order valence-corrected chi connectivity index (χ1v) is 24.8. The van der Waals surface area contributed by atoms with Crippen molar-refractivity contribution >= 4 is 28.5 Å². The van der Waals surface area contributed by atoms with Gasteiger partial charge in [-0.25, -0.2) is 4.79 Å². The number of rotatable bonds is 17. The zero-order chi connectivity index (χ0) is 50.3. The normalized spacial score (nSPS) is 14.1. The van der Waals surface area contributed by atoms with Crippen molar-refractivity contribution in [2.45, 2.75) is 52.9 Å². The van der Waals surface area contributed by atoms with Crippen LogP contribution in [0.15, 0.2) is 161 Å². The molecule has 2 aliphatic heterocycles. The maximum absolute atomic E-state index is 13.6. The summed E-state index contributed by atoms with van der Waals surface area (Å²) in [6, 6.07) is 45.2. The predicted molar refractivity (Wildman–Crippen MR) is 279 cm³/mol.